The lowest BCUT2D eigenvalue weighted by molar-refractivity contribution is 0.0689. The number of aromatic nitrogens is 2. The Kier molecular flexibility index (Phi) is 3.65. The smallest absolute Gasteiger partial charge is 0.413 e. The van der Waals surface area contributed by atoms with Gasteiger partial charge in [-0.15, -0.1) is 0 Å². The number of H-pyrrole nitrogens is 1. The maximum atomic E-state index is 11.1. The van der Waals surface area contributed by atoms with Crippen LogP contribution in [0.25, 0.3) is 0 Å². The molecule has 16 heavy (non-hydrogen) atoms. The summed E-state index contributed by atoms with van der Waals surface area (Å²) in [5, 5.41) is 17.0. The van der Waals surface area contributed by atoms with E-state index in [1.54, 1.807) is 0 Å². The van der Waals surface area contributed by atoms with Crippen molar-refractivity contribution in [2.75, 3.05) is 11.9 Å². The number of carboxylic acids is 1. The fourth-order valence-electron chi connectivity index (χ4n) is 0.995. The number of nitrogens with one attached hydrogen (secondary N) is 2. The minimum absolute atomic E-state index is 0.0704. The Hall–Kier alpha value is -2.31. The standard InChI is InChI=1S/C9H11N3O4/c1-3-4-16-9(15)10-7-5(2)6(8(13)14)11-12-7/h3H,1,4H2,2H3,(H,13,14)(H2,10,11,12,15). The largest absolute Gasteiger partial charge is 0.477 e. The van der Waals surface area contributed by atoms with Gasteiger partial charge < -0.3 is 9.84 Å². The zero-order valence-corrected chi connectivity index (χ0v) is 8.61. The molecule has 0 aliphatic carbocycles. The summed E-state index contributed by atoms with van der Waals surface area (Å²) >= 11 is 0. The van der Waals surface area contributed by atoms with Crippen molar-refractivity contribution in [1.29, 1.82) is 0 Å². The van der Waals surface area contributed by atoms with Gasteiger partial charge in [-0.3, -0.25) is 10.4 Å². The second kappa shape index (κ2) is 4.96. The van der Waals surface area contributed by atoms with Crippen molar-refractivity contribution >= 4 is 17.9 Å². The SMILES string of the molecule is C=CCOC(=O)Nc1n[nH]c(C(=O)O)c1C. The molecule has 0 fully saturated rings. The van der Waals surface area contributed by atoms with E-state index < -0.39 is 12.1 Å². The zero-order chi connectivity index (χ0) is 12.1. The van der Waals surface area contributed by atoms with Crippen LogP contribution in [0.3, 0.4) is 0 Å². The summed E-state index contributed by atoms with van der Waals surface area (Å²) in [5.74, 6) is -1.01. The fourth-order valence-corrected chi connectivity index (χ4v) is 0.995. The van der Waals surface area contributed by atoms with Gasteiger partial charge in [0, 0.05) is 5.56 Å². The molecule has 0 atom stereocenters. The van der Waals surface area contributed by atoms with Crippen molar-refractivity contribution in [3.8, 4) is 0 Å². The van der Waals surface area contributed by atoms with Gasteiger partial charge in [0.25, 0.3) is 0 Å². The molecule has 0 aromatic carbocycles. The average Bonchev–Trinajstić information content (AvgIpc) is 2.57. The zero-order valence-electron chi connectivity index (χ0n) is 8.61. The number of aromatic carboxylic acids is 1. The van der Waals surface area contributed by atoms with E-state index in [0.29, 0.717) is 5.56 Å². The van der Waals surface area contributed by atoms with Gasteiger partial charge in [0.15, 0.2) is 5.82 Å². The van der Waals surface area contributed by atoms with Crippen molar-refractivity contribution in [1.82, 2.24) is 10.2 Å². The molecule has 1 heterocycles. The first-order valence-corrected chi connectivity index (χ1v) is 4.39. The first-order valence-electron chi connectivity index (χ1n) is 4.39. The molecule has 0 bridgehead atoms. The summed E-state index contributed by atoms with van der Waals surface area (Å²) in [6, 6.07) is 0. The second-order valence-electron chi connectivity index (χ2n) is 2.89. The molecule has 7 nitrogen and oxygen atoms in total. The van der Waals surface area contributed by atoms with E-state index in [4.69, 9.17) is 5.11 Å². The van der Waals surface area contributed by atoms with Crippen LogP contribution in [0.2, 0.25) is 0 Å². The highest BCUT2D eigenvalue weighted by molar-refractivity contribution is 5.91. The van der Waals surface area contributed by atoms with Crippen LogP contribution in [-0.2, 0) is 4.74 Å². The van der Waals surface area contributed by atoms with Gasteiger partial charge in [-0.05, 0) is 6.92 Å². The third-order valence-electron chi connectivity index (χ3n) is 1.78. The monoisotopic (exact) mass is 225 g/mol. The first kappa shape index (κ1) is 11.8. The molecular formula is C9H11N3O4. The number of carbonyl (C=O) groups excluding carboxylic acids is 1. The Labute approximate surface area is 91.1 Å². The summed E-state index contributed by atoms with van der Waals surface area (Å²) in [6.07, 6.45) is 0.700. The molecule has 0 saturated heterocycles. The molecule has 1 amide bonds. The van der Waals surface area contributed by atoms with Crippen molar-refractivity contribution < 1.29 is 19.4 Å². The summed E-state index contributed by atoms with van der Waals surface area (Å²) in [7, 11) is 0. The molecule has 0 aliphatic heterocycles. The second-order valence-corrected chi connectivity index (χ2v) is 2.89. The molecule has 0 radical (unpaired) electrons. The predicted octanol–water partition coefficient (Wildman–Crippen LogP) is 1.15. The topological polar surface area (TPSA) is 104 Å². The van der Waals surface area contributed by atoms with E-state index >= 15 is 0 Å². The van der Waals surface area contributed by atoms with E-state index in [9.17, 15) is 9.59 Å². The summed E-state index contributed by atoms with van der Waals surface area (Å²) in [4.78, 5) is 21.8. The normalized spacial score (nSPS) is 9.56. The number of nitrogens with zero attached hydrogens (tertiary/aromatic N) is 1. The lowest BCUT2D eigenvalue weighted by Gasteiger charge is -2.02. The third-order valence-corrected chi connectivity index (χ3v) is 1.78. The van der Waals surface area contributed by atoms with E-state index in [0.717, 1.165) is 0 Å². The first-order chi connectivity index (χ1) is 7.56. The van der Waals surface area contributed by atoms with E-state index in [-0.39, 0.29) is 18.1 Å². The summed E-state index contributed by atoms with van der Waals surface area (Å²) < 4.78 is 4.65. The van der Waals surface area contributed by atoms with E-state index in [1.165, 1.54) is 13.0 Å². The number of aromatic amines is 1. The quantitative estimate of drug-likeness (QED) is 0.667. The molecule has 0 aliphatic rings. The Morgan fingerprint density at radius 2 is 2.38 bits per heavy atom. The van der Waals surface area contributed by atoms with Crippen LogP contribution in [0.5, 0.6) is 0 Å². The van der Waals surface area contributed by atoms with Crippen LogP contribution < -0.4 is 5.32 Å². The van der Waals surface area contributed by atoms with E-state index in [2.05, 4.69) is 26.8 Å². The minimum atomic E-state index is -1.14. The molecule has 0 saturated carbocycles. The number of amides is 1. The van der Waals surface area contributed by atoms with Crippen LogP contribution in [0.4, 0.5) is 10.6 Å². The summed E-state index contributed by atoms with van der Waals surface area (Å²) in [5.41, 5.74) is 0.266. The average molecular weight is 225 g/mol. The molecule has 1 rings (SSSR count). The molecule has 0 unspecified atom stereocenters. The number of ether oxygens (including phenoxy) is 1. The van der Waals surface area contributed by atoms with Gasteiger partial charge in [0.2, 0.25) is 0 Å². The minimum Gasteiger partial charge on any atom is -0.477 e. The maximum Gasteiger partial charge on any atom is 0.413 e. The maximum absolute atomic E-state index is 11.1. The van der Waals surface area contributed by atoms with Crippen molar-refractivity contribution in [2.24, 2.45) is 0 Å². The Morgan fingerprint density at radius 1 is 1.69 bits per heavy atom. The van der Waals surface area contributed by atoms with Crippen LogP contribution in [0, 0.1) is 6.92 Å². The number of carboxylic acid groups (broad SMARTS) is 1. The highest BCUT2D eigenvalue weighted by Crippen LogP contribution is 2.14. The molecular weight excluding hydrogens is 214 g/mol. The van der Waals surface area contributed by atoms with Gasteiger partial charge in [0.1, 0.15) is 12.3 Å². The van der Waals surface area contributed by atoms with Crippen LogP contribution in [-0.4, -0.2) is 34.0 Å². The summed E-state index contributed by atoms with van der Waals surface area (Å²) in [6.45, 7) is 4.97. The Bertz CT molecular complexity index is 424. The number of carbonyl (C=O) groups is 2. The van der Waals surface area contributed by atoms with E-state index in [1.807, 2.05) is 0 Å². The number of anilines is 1. The lowest BCUT2D eigenvalue weighted by atomic mass is 10.2. The van der Waals surface area contributed by atoms with Gasteiger partial charge in [-0.25, -0.2) is 9.59 Å². The van der Waals surface area contributed by atoms with Crippen molar-refractivity contribution in [3.05, 3.63) is 23.9 Å². The Balaban J connectivity index is 2.71. The Morgan fingerprint density at radius 3 is 2.88 bits per heavy atom. The third kappa shape index (κ3) is 2.59. The van der Waals surface area contributed by atoms with Gasteiger partial charge in [0.05, 0.1) is 0 Å². The molecule has 7 heteroatoms. The number of hydrogen-bond donors (Lipinski definition) is 3. The lowest BCUT2D eigenvalue weighted by Crippen LogP contribution is -2.14. The van der Waals surface area contributed by atoms with Crippen LogP contribution >= 0.6 is 0 Å². The van der Waals surface area contributed by atoms with Gasteiger partial charge >= 0.3 is 12.1 Å². The molecule has 3 N–H and O–H groups in total. The number of rotatable bonds is 4. The van der Waals surface area contributed by atoms with Crippen molar-refractivity contribution in [3.63, 3.8) is 0 Å². The highest BCUT2D eigenvalue weighted by atomic mass is 16.5. The molecule has 1 aromatic rings. The molecule has 0 spiro atoms. The highest BCUT2D eigenvalue weighted by Gasteiger charge is 2.16. The number of hydrogen-bond acceptors (Lipinski definition) is 4. The van der Waals surface area contributed by atoms with Gasteiger partial charge in [-0.1, -0.05) is 12.7 Å². The van der Waals surface area contributed by atoms with Crippen LogP contribution in [0.15, 0.2) is 12.7 Å². The predicted molar refractivity (Wildman–Crippen MR) is 55.5 cm³/mol. The molecule has 86 valence electrons. The van der Waals surface area contributed by atoms with Crippen LogP contribution in [0.1, 0.15) is 16.1 Å². The fraction of sp³-hybridized carbons (Fsp3) is 0.222. The van der Waals surface area contributed by atoms with Crippen molar-refractivity contribution in [2.45, 2.75) is 6.92 Å². The van der Waals surface area contributed by atoms with Gasteiger partial charge in [-0.2, -0.15) is 5.10 Å². The molecule has 1 aromatic heterocycles.